The van der Waals surface area contributed by atoms with Crippen LogP contribution in [0.2, 0.25) is 0 Å². The van der Waals surface area contributed by atoms with Crippen LogP contribution in [0, 0.1) is 6.92 Å². The van der Waals surface area contributed by atoms with Crippen LogP contribution in [-0.4, -0.2) is 18.5 Å². The molecule has 0 aromatic heterocycles. The molecule has 0 saturated heterocycles. The fraction of sp³-hybridized carbons (Fsp3) is 0.300. The number of carbonyl (C=O) groups excluding carboxylic acids is 2. The first-order valence-corrected chi connectivity index (χ1v) is 8.25. The van der Waals surface area contributed by atoms with Crippen molar-refractivity contribution >= 4 is 11.9 Å². The molecule has 2 aromatic carbocycles. The lowest BCUT2D eigenvalue weighted by molar-refractivity contribution is -0.125. The van der Waals surface area contributed by atoms with E-state index in [-0.39, 0.29) is 18.6 Å². The molecule has 1 aliphatic carbocycles. The zero-order valence-corrected chi connectivity index (χ0v) is 13.7. The normalized spacial score (nSPS) is 16.1. The first-order valence-electron chi connectivity index (χ1n) is 8.25. The van der Waals surface area contributed by atoms with Gasteiger partial charge in [0.25, 0.3) is 5.91 Å². The molecule has 0 aliphatic heterocycles. The van der Waals surface area contributed by atoms with Crippen LogP contribution in [0.1, 0.15) is 45.9 Å². The first-order chi connectivity index (χ1) is 11.6. The summed E-state index contributed by atoms with van der Waals surface area (Å²) in [6.45, 7) is 1.58. The van der Waals surface area contributed by atoms with Crippen LogP contribution in [0.15, 0.2) is 48.5 Å². The third kappa shape index (κ3) is 3.65. The Hall–Kier alpha value is -2.62. The minimum Gasteiger partial charge on any atom is -0.452 e. The van der Waals surface area contributed by atoms with Crippen LogP contribution in [0.5, 0.6) is 0 Å². The predicted molar refractivity (Wildman–Crippen MR) is 91.7 cm³/mol. The molecule has 0 saturated carbocycles. The monoisotopic (exact) mass is 323 g/mol. The van der Waals surface area contributed by atoms with E-state index in [4.69, 9.17) is 4.74 Å². The van der Waals surface area contributed by atoms with Crippen molar-refractivity contribution in [2.24, 2.45) is 0 Å². The van der Waals surface area contributed by atoms with E-state index in [0.29, 0.717) is 5.56 Å². The number of hydrogen-bond donors (Lipinski definition) is 1. The Morgan fingerprint density at radius 1 is 1.12 bits per heavy atom. The van der Waals surface area contributed by atoms with Gasteiger partial charge in [-0.15, -0.1) is 0 Å². The van der Waals surface area contributed by atoms with Crippen molar-refractivity contribution in [1.29, 1.82) is 0 Å². The summed E-state index contributed by atoms with van der Waals surface area (Å²) in [5.41, 5.74) is 3.78. The smallest absolute Gasteiger partial charge is 0.338 e. The van der Waals surface area contributed by atoms with Gasteiger partial charge in [-0.3, -0.25) is 4.79 Å². The van der Waals surface area contributed by atoms with Gasteiger partial charge < -0.3 is 10.1 Å². The third-order valence-electron chi connectivity index (χ3n) is 4.40. The zero-order valence-electron chi connectivity index (χ0n) is 13.7. The molecule has 0 spiro atoms. The quantitative estimate of drug-likeness (QED) is 0.878. The summed E-state index contributed by atoms with van der Waals surface area (Å²) in [5.74, 6) is -0.731. The molecule has 0 fully saturated rings. The average Bonchev–Trinajstić information content (AvgIpc) is 2.60. The number of ether oxygens (including phenoxy) is 1. The van der Waals surface area contributed by atoms with Gasteiger partial charge in [0.15, 0.2) is 6.61 Å². The maximum Gasteiger partial charge on any atom is 0.338 e. The van der Waals surface area contributed by atoms with E-state index in [1.807, 2.05) is 31.2 Å². The number of nitrogens with one attached hydrogen (secondary N) is 1. The molecule has 3 rings (SSSR count). The first kappa shape index (κ1) is 16.2. The largest absolute Gasteiger partial charge is 0.452 e. The van der Waals surface area contributed by atoms with E-state index in [9.17, 15) is 9.59 Å². The third-order valence-corrected chi connectivity index (χ3v) is 4.40. The lowest BCUT2D eigenvalue weighted by Gasteiger charge is -2.26. The van der Waals surface area contributed by atoms with Crippen LogP contribution in [0.3, 0.4) is 0 Å². The van der Waals surface area contributed by atoms with Crippen molar-refractivity contribution in [2.45, 2.75) is 32.2 Å². The van der Waals surface area contributed by atoms with Gasteiger partial charge in [-0.1, -0.05) is 42.5 Å². The maximum atomic E-state index is 12.2. The summed E-state index contributed by atoms with van der Waals surface area (Å²) < 4.78 is 5.15. The fourth-order valence-corrected chi connectivity index (χ4v) is 3.15. The predicted octanol–water partition coefficient (Wildman–Crippen LogP) is 3.35. The number of amides is 1. The second-order valence-corrected chi connectivity index (χ2v) is 6.10. The molecule has 0 heterocycles. The van der Waals surface area contributed by atoms with E-state index in [0.717, 1.165) is 24.8 Å². The highest BCUT2D eigenvalue weighted by molar-refractivity contribution is 5.92. The molecule has 1 aliphatic rings. The number of benzene rings is 2. The van der Waals surface area contributed by atoms with E-state index < -0.39 is 5.97 Å². The fourth-order valence-electron chi connectivity index (χ4n) is 3.15. The second-order valence-electron chi connectivity index (χ2n) is 6.10. The van der Waals surface area contributed by atoms with Gasteiger partial charge in [0, 0.05) is 0 Å². The number of esters is 1. The molecule has 2 aromatic rings. The van der Waals surface area contributed by atoms with Crippen LogP contribution in [0.25, 0.3) is 0 Å². The Labute approximate surface area is 141 Å². The van der Waals surface area contributed by atoms with Gasteiger partial charge in [-0.05, 0) is 48.9 Å². The molecule has 124 valence electrons. The molecule has 1 amide bonds. The van der Waals surface area contributed by atoms with Gasteiger partial charge in [0.05, 0.1) is 11.6 Å². The van der Waals surface area contributed by atoms with Gasteiger partial charge >= 0.3 is 5.97 Å². The maximum absolute atomic E-state index is 12.2. The summed E-state index contributed by atoms with van der Waals surface area (Å²) in [6, 6.07) is 15.4. The lowest BCUT2D eigenvalue weighted by Crippen LogP contribution is -2.34. The van der Waals surface area contributed by atoms with Crippen LogP contribution in [-0.2, 0) is 16.0 Å². The van der Waals surface area contributed by atoms with E-state index in [1.165, 1.54) is 11.1 Å². The average molecular weight is 323 g/mol. The van der Waals surface area contributed by atoms with Gasteiger partial charge in [0.2, 0.25) is 0 Å². The van der Waals surface area contributed by atoms with Gasteiger partial charge in [-0.25, -0.2) is 4.79 Å². The Morgan fingerprint density at radius 2 is 1.88 bits per heavy atom. The minimum absolute atomic E-state index is 0.000358. The number of aryl methyl sites for hydroxylation is 2. The molecule has 1 atom stereocenters. The molecule has 4 nitrogen and oxygen atoms in total. The van der Waals surface area contributed by atoms with Crippen molar-refractivity contribution in [1.82, 2.24) is 5.32 Å². The molecular weight excluding hydrogens is 302 g/mol. The number of rotatable bonds is 4. The molecule has 0 radical (unpaired) electrons. The summed E-state index contributed by atoms with van der Waals surface area (Å²) in [7, 11) is 0. The van der Waals surface area contributed by atoms with Crippen molar-refractivity contribution in [3.8, 4) is 0 Å². The minimum atomic E-state index is -0.465. The van der Waals surface area contributed by atoms with Crippen LogP contribution < -0.4 is 5.32 Å². The Bertz CT molecular complexity index is 754. The summed E-state index contributed by atoms with van der Waals surface area (Å²) >= 11 is 0. The topological polar surface area (TPSA) is 55.4 Å². The van der Waals surface area contributed by atoms with Crippen molar-refractivity contribution < 1.29 is 14.3 Å². The second kappa shape index (κ2) is 7.30. The molecule has 4 heteroatoms. The van der Waals surface area contributed by atoms with Gasteiger partial charge in [-0.2, -0.15) is 0 Å². The molecule has 1 N–H and O–H groups in total. The summed E-state index contributed by atoms with van der Waals surface area (Å²) in [5, 5.41) is 2.98. The SMILES string of the molecule is Cc1ccccc1C(=O)OCC(=O)N[C@H]1CCCc2ccccc21. The molecule has 0 unspecified atom stereocenters. The number of fused-ring (bicyclic) bond motifs is 1. The number of carbonyl (C=O) groups is 2. The molecular formula is C20H21NO3. The lowest BCUT2D eigenvalue weighted by atomic mass is 9.88. The van der Waals surface area contributed by atoms with Gasteiger partial charge in [0.1, 0.15) is 0 Å². The van der Waals surface area contributed by atoms with Crippen LogP contribution >= 0.6 is 0 Å². The van der Waals surface area contributed by atoms with Crippen molar-refractivity contribution in [2.75, 3.05) is 6.61 Å². The highest BCUT2D eigenvalue weighted by Gasteiger charge is 2.22. The van der Waals surface area contributed by atoms with E-state index in [1.54, 1.807) is 12.1 Å². The summed E-state index contributed by atoms with van der Waals surface area (Å²) in [4.78, 5) is 24.2. The summed E-state index contributed by atoms with van der Waals surface area (Å²) in [6.07, 6.45) is 3.00. The van der Waals surface area contributed by atoms with Crippen molar-refractivity contribution in [3.05, 3.63) is 70.8 Å². The van der Waals surface area contributed by atoms with E-state index >= 15 is 0 Å². The highest BCUT2D eigenvalue weighted by atomic mass is 16.5. The Balaban J connectivity index is 1.57. The Kier molecular flexibility index (Phi) is 4.94. The van der Waals surface area contributed by atoms with E-state index in [2.05, 4.69) is 17.4 Å². The van der Waals surface area contributed by atoms with Crippen molar-refractivity contribution in [3.63, 3.8) is 0 Å². The zero-order chi connectivity index (χ0) is 16.9. The molecule has 0 bridgehead atoms. The molecule has 24 heavy (non-hydrogen) atoms. The Morgan fingerprint density at radius 3 is 2.71 bits per heavy atom. The highest BCUT2D eigenvalue weighted by Crippen LogP contribution is 2.29. The standard InChI is InChI=1S/C20H21NO3/c1-14-7-2-4-10-16(14)20(23)24-13-19(22)21-18-12-6-9-15-8-3-5-11-17(15)18/h2-5,7-8,10-11,18H,6,9,12-13H2,1H3,(H,21,22)/t18-/m0/s1. The number of hydrogen-bond acceptors (Lipinski definition) is 3. The van der Waals surface area contributed by atoms with Crippen LogP contribution in [0.4, 0.5) is 0 Å².